The van der Waals surface area contributed by atoms with Crippen molar-refractivity contribution in [1.29, 1.82) is 0 Å². The van der Waals surface area contributed by atoms with Gasteiger partial charge < -0.3 is 72.2 Å². The molecule has 0 saturated heterocycles. The smallest absolute Gasteiger partial charge is 0.326 e. The molecule has 21 heteroatoms. The number of amides is 4. The number of carbonyl (C=O) groups is 5. The predicted octanol–water partition coefficient (Wildman–Crippen LogP) is -4.33. The van der Waals surface area contributed by atoms with Crippen molar-refractivity contribution in [3.8, 4) is 0 Å². The number of aliphatic imine (C=N–C) groups is 3. The lowest BCUT2D eigenvalue weighted by Crippen LogP contribution is -2.58. The van der Waals surface area contributed by atoms with Crippen molar-refractivity contribution in [2.24, 2.45) is 66.8 Å². The van der Waals surface area contributed by atoms with E-state index in [1.54, 1.807) is 0 Å². The molecule has 0 aromatic rings. The molecule has 0 saturated carbocycles. The molecule has 0 heterocycles. The zero-order valence-corrected chi connectivity index (χ0v) is 29.8. The summed E-state index contributed by atoms with van der Waals surface area (Å²) in [5.41, 5.74) is 43.8. The fraction of sp³-hybridized carbons (Fsp3) is 0.733. The van der Waals surface area contributed by atoms with Gasteiger partial charge in [-0.3, -0.25) is 34.2 Å². The monoisotopic (exact) mass is 727 g/mol. The van der Waals surface area contributed by atoms with Gasteiger partial charge in [0.2, 0.25) is 23.6 Å². The van der Waals surface area contributed by atoms with Crippen LogP contribution in [-0.4, -0.2) is 109 Å². The highest BCUT2D eigenvalue weighted by Gasteiger charge is 2.32. The minimum absolute atomic E-state index is 0.00966. The number of carbonyl (C=O) groups excluding carboxylic acids is 4. The van der Waals surface area contributed by atoms with Crippen molar-refractivity contribution in [2.75, 3.05) is 26.2 Å². The summed E-state index contributed by atoms with van der Waals surface area (Å²) in [6.45, 7) is 4.61. The molecule has 0 aromatic heterocycles. The molecule has 4 amide bonds. The van der Waals surface area contributed by atoms with Crippen molar-refractivity contribution in [1.82, 2.24) is 21.3 Å². The Morgan fingerprint density at radius 3 is 1.35 bits per heavy atom. The first-order valence-electron chi connectivity index (χ1n) is 17.0. The van der Waals surface area contributed by atoms with Crippen LogP contribution in [0.15, 0.2) is 15.0 Å². The number of aliphatic carboxylic acids is 1. The normalized spacial score (nSPS) is 13.7. The lowest BCUT2D eigenvalue weighted by Gasteiger charge is -2.27. The summed E-state index contributed by atoms with van der Waals surface area (Å²) in [4.78, 5) is 77.1. The number of nitrogens with one attached hydrogen (secondary N) is 4. The maximum atomic E-state index is 13.7. The van der Waals surface area contributed by atoms with E-state index in [1.807, 2.05) is 13.8 Å². The summed E-state index contributed by atoms with van der Waals surface area (Å²) in [5, 5.41) is 20.2. The third-order valence-electron chi connectivity index (χ3n) is 7.36. The summed E-state index contributed by atoms with van der Waals surface area (Å²) in [6.07, 6.45) is 2.73. The first kappa shape index (κ1) is 46.1. The van der Waals surface area contributed by atoms with Crippen molar-refractivity contribution >= 4 is 47.5 Å². The van der Waals surface area contributed by atoms with E-state index < -0.39 is 59.8 Å². The maximum absolute atomic E-state index is 13.7. The van der Waals surface area contributed by atoms with E-state index in [9.17, 15) is 29.1 Å². The van der Waals surface area contributed by atoms with E-state index in [2.05, 4.69) is 36.2 Å². The summed E-state index contributed by atoms with van der Waals surface area (Å²) < 4.78 is 0. The van der Waals surface area contributed by atoms with E-state index in [0.717, 1.165) is 0 Å². The molecule has 0 aliphatic heterocycles. The average molecular weight is 728 g/mol. The van der Waals surface area contributed by atoms with E-state index in [0.29, 0.717) is 25.8 Å². The lowest BCUT2D eigenvalue weighted by atomic mass is 10.0. The molecule has 0 rings (SSSR count). The number of rotatable bonds is 27. The van der Waals surface area contributed by atoms with Crippen LogP contribution in [0.5, 0.6) is 0 Å². The molecule has 5 atom stereocenters. The molecule has 21 nitrogen and oxygen atoms in total. The second-order valence-corrected chi connectivity index (χ2v) is 12.4. The molecule has 0 fully saturated rings. The van der Waals surface area contributed by atoms with E-state index in [1.165, 1.54) is 0 Å². The van der Waals surface area contributed by atoms with Crippen LogP contribution in [0.2, 0.25) is 0 Å². The second kappa shape index (κ2) is 26.0. The topological polar surface area (TPSA) is 399 Å². The Morgan fingerprint density at radius 2 is 0.922 bits per heavy atom. The van der Waals surface area contributed by atoms with E-state index in [4.69, 9.17) is 45.9 Å². The van der Waals surface area contributed by atoms with Gasteiger partial charge in [-0.2, -0.15) is 0 Å². The molecule has 21 N–H and O–H groups in total. The fourth-order valence-electron chi connectivity index (χ4n) is 4.74. The molecule has 292 valence electrons. The molecular formula is C30H61N15O6. The molecule has 0 spiro atoms. The van der Waals surface area contributed by atoms with Crippen LogP contribution in [0.1, 0.15) is 78.1 Å². The highest BCUT2D eigenvalue weighted by Crippen LogP contribution is 2.10. The minimum Gasteiger partial charge on any atom is -0.480 e. The minimum atomic E-state index is -1.30. The molecule has 0 aromatic carbocycles. The van der Waals surface area contributed by atoms with Crippen molar-refractivity contribution in [3.63, 3.8) is 0 Å². The van der Waals surface area contributed by atoms with Gasteiger partial charge >= 0.3 is 5.97 Å². The Kier molecular flexibility index (Phi) is 23.5. The Balaban J connectivity index is 6.00. The first-order chi connectivity index (χ1) is 24.0. The van der Waals surface area contributed by atoms with Crippen LogP contribution in [0.25, 0.3) is 0 Å². The molecular weight excluding hydrogens is 666 g/mol. The standard InChI is InChI=1S/C30H61N15O6/c1-17(2)16-22(45-25(48)19(9-3-4-12-31)42-23(46)18(32)8-5-13-39-28(33)34)26(49)43-20(10-6-14-40-29(35)36)24(47)44-21(27(50)51)11-7-15-41-30(37)38/h17-22H,3-16,31-32H2,1-2H3,(H,42,46)(H,43,49)(H,44,47)(H,45,48)(H,50,51)(H4,33,34,39)(H4,35,36,40)(H4,37,38,41)/t18-,19-,20-,21-,22-/m0/s1. The molecule has 0 bridgehead atoms. The fourth-order valence-corrected chi connectivity index (χ4v) is 4.74. The van der Waals surface area contributed by atoms with E-state index in [-0.39, 0.29) is 88.4 Å². The SMILES string of the molecule is CC(C)C[C@H](NC(=O)[C@H](CCCCN)NC(=O)[C@@H](N)CCCN=C(N)N)C(=O)N[C@@H](CCCN=C(N)N)C(=O)N[C@@H](CCCN=C(N)N)C(=O)O. The Hall–Kier alpha value is -4.92. The van der Waals surface area contributed by atoms with Gasteiger partial charge in [0.1, 0.15) is 24.2 Å². The summed E-state index contributed by atoms with van der Waals surface area (Å²) in [7, 11) is 0. The second-order valence-electron chi connectivity index (χ2n) is 12.4. The van der Waals surface area contributed by atoms with Gasteiger partial charge in [-0.15, -0.1) is 0 Å². The van der Waals surface area contributed by atoms with E-state index >= 15 is 0 Å². The highest BCUT2D eigenvalue weighted by atomic mass is 16.4. The van der Waals surface area contributed by atoms with Crippen molar-refractivity contribution in [3.05, 3.63) is 0 Å². The number of nitrogens with two attached hydrogens (primary N) is 8. The molecule has 0 radical (unpaired) electrons. The Labute approximate surface area is 299 Å². The van der Waals surface area contributed by atoms with Crippen LogP contribution < -0.4 is 67.1 Å². The number of carboxylic acid groups (broad SMARTS) is 1. The van der Waals surface area contributed by atoms with Crippen LogP contribution in [-0.2, 0) is 24.0 Å². The number of hydrogen-bond donors (Lipinski definition) is 13. The lowest BCUT2D eigenvalue weighted by molar-refractivity contribution is -0.142. The molecule has 0 unspecified atom stereocenters. The van der Waals surface area contributed by atoms with Gasteiger partial charge in [-0.1, -0.05) is 13.8 Å². The van der Waals surface area contributed by atoms with Gasteiger partial charge in [0.15, 0.2) is 17.9 Å². The van der Waals surface area contributed by atoms with Crippen LogP contribution >= 0.6 is 0 Å². The zero-order valence-electron chi connectivity index (χ0n) is 29.8. The summed E-state index contributed by atoms with van der Waals surface area (Å²) in [5.74, 6) is -4.42. The van der Waals surface area contributed by atoms with Crippen molar-refractivity contribution < 1.29 is 29.1 Å². The third-order valence-corrected chi connectivity index (χ3v) is 7.36. The average Bonchev–Trinajstić information content (AvgIpc) is 3.03. The Bertz CT molecular complexity index is 1180. The predicted molar refractivity (Wildman–Crippen MR) is 195 cm³/mol. The number of guanidine groups is 3. The van der Waals surface area contributed by atoms with Gasteiger partial charge in [0.25, 0.3) is 0 Å². The van der Waals surface area contributed by atoms with Crippen LogP contribution in [0, 0.1) is 5.92 Å². The summed E-state index contributed by atoms with van der Waals surface area (Å²) in [6, 6.07) is -5.62. The van der Waals surface area contributed by atoms with Gasteiger partial charge in [0.05, 0.1) is 6.04 Å². The number of nitrogens with zero attached hydrogens (tertiary/aromatic N) is 3. The van der Waals surface area contributed by atoms with Crippen molar-refractivity contribution in [2.45, 2.75) is 108 Å². The Morgan fingerprint density at radius 1 is 0.549 bits per heavy atom. The first-order valence-corrected chi connectivity index (χ1v) is 17.0. The van der Waals surface area contributed by atoms with Gasteiger partial charge in [-0.25, -0.2) is 4.79 Å². The van der Waals surface area contributed by atoms with Crippen LogP contribution in [0.4, 0.5) is 0 Å². The number of carboxylic acids is 1. The third kappa shape index (κ3) is 22.4. The largest absolute Gasteiger partial charge is 0.480 e. The molecule has 51 heavy (non-hydrogen) atoms. The van der Waals surface area contributed by atoms with Gasteiger partial charge in [-0.05, 0) is 76.7 Å². The highest BCUT2D eigenvalue weighted by molar-refractivity contribution is 5.95. The molecule has 0 aliphatic rings. The quantitative estimate of drug-likeness (QED) is 0.0216. The zero-order chi connectivity index (χ0) is 38.9. The summed E-state index contributed by atoms with van der Waals surface area (Å²) >= 11 is 0. The number of hydrogen-bond acceptors (Lipinski definition) is 10. The molecule has 0 aliphatic carbocycles. The van der Waals surface area contributed by atoms with Gasteiger partial charge in [0, 0.05) is 19.6 Å². The maximum Gasteiger partial charge on any atom is 0.326 e. The van der Waals surface area contributed by atoms with Crippen LogP contribution in [0.3, 0.4) is 0 Å². The number of unbranched alkanes of at least 4 members (excludes halogenated alkanes) is 1.